The number of fused-ring (bicyclic) bond motifs is 1. The van der Waals surface area contributed by atoms with Crippen LogP contribution in [0.4, 0.5) is 0 Å². The highest BCUT2D eigenvalue weighted by Crippen LogP contribution is 2.42. The lowest BCUT2D eigenvalue weighted by Crippen LogP contribution is -2.32. The van der Waals surface area contributed by atoms with Crippen molar-refractivity contribution < 1.29 is 19.1 Å². The van der Waals surface area contributed by atoms with E-state index in [9.17, 15) is 9.59 Å². The van der Waals surface area contributed by atoms with E-state index < -0.39 is 5.97 Å². The van der Waals surface area contributed by atoms with Gasteiger partial charge in [-0.15, -0.1) is 0 Å². The molecule has 0 bridgehead atoms. The Morgan fingerprint density at radius 3 is 2.48 bits per heavy atom. The minimum Gasteiger partial charge on any atom is -0.465 e. The second-order valence-corrected chi connectivity index (χ2v) is 6.73. The van der Waals surface area contributed by atoms with Crippen molar-refractivity contribution in [2.24, 2.45) is 0 Å². The number of ether oxygens (including phenoxy) is 2. The summed E-state index contributed by atoms with van der Waals surface area (Å²) >= 11 is 0. The Balaban J connectivity index is 1.81. The topological polar surface area (TPSA) is 84.5 Å². The summed E-state index contributed by atoms with van der Waals surface area (Å²) in [5.74, 6) is -0.516. The molecular weight excluding hydrogens is 370 g/mol. The van der Waals surface area contributed by atoms with Crippen LogP contribution in [0.1, 0.15) is 38.0 Å². The molecule has 2 heterocycles. The third-order valence-electron chi connectivity index (χ3n) is 5.09. The molecule has 1 aromatic heterocycles. The molecule has 7 nitrogen and oxygen atoms in total. The highest BCUT2D eigenvalue weighted by molar-refractivity contribution is 6.00. The van der Waals surface area contributed by atoms with E-state index in [1.165, 1.54) is 7.11 Å². The second-order valence-electron chi connectivity index (χ2n) is 6.73. The molecule has 0 aliphatic carbocycles. The molecule has 0 radical (unpaired) electrons. The van der Waals surface area contributed by atoms with E-state index in [2.05, 4.69) is 10.2 Å². The summed E-state index contributed by atoms with van der Waals surface area (Å²) in [5.41, 5.74) is 4.35. The maximum absolute atomic E-state index is 13.1. The number of esters is 1. The van der Waals surface area contributed by atoms with E-state index >= 15 is 0 Å². The summed E-state index contributed by atoms with van der Waals surface area (Å²) in [6.45, 7) is 0.858. The lowest BCUT2D eigenvalue weighted by atomic mass is 9.95. The number of hydrogen-bond acceptors (Lipinski definition) is 5. The van der Waals surface area contributed by atoms with Gasteiger partial charge in [-0.2, -0.15) is 5.10 Å². The smallest absolute Gasteiger partial charge is 0.337 e. The minimum absolute atomic E-state index is 0.117. The minimum atomic E-state index is -0.399. The van der Waals surface area contributed by atoms with E-state index in [0.29, 0.717) is 24.4 Å². The maximum atomic E-state index is 13.1. The van der Waals surface area contributed by atoms with Gasteiger partial charge in [0, 0.05) is 24.8 Å². The number of aromatic nitrogens is 2. The summed E-state index contributed by atoms with van der Waals surface area (Å²) in [4.78, 5) is 26.6. The highest BCUT2D eigenvalue weighted by Gasteiger charge is 2.41. The molecular formula is C22H21N3O4. The first-order valence-corrected chi connectivity index (χ1v) is 9.27. The van der Waals surface area contributed by atoms with Crippen molar-refractivity contribution in [3.05, 3.63) is 77.0 Å². The molecule has 2 aromatic carbocycles. The molecule has 4 rings (SSSR count). The van der Waals surface area contributed by atoms with Crippen LogP contribution in [0.5, 0.6) is 0 Å². The van der Waals surface area contributed by atoms with Gasteiger partial charge in [0.1, 0.15) is 5.69 Å². The Morgan fingerprint density at radius 1 is 1.10 bits per heavy atom. The van der Waals surface area contributed by atoms with Crippen molar-refractivity contribution >= 4 is 11.9 Å². The van der Waals surface area contributed by atoms with Gasteiger partial charge in [-0.25, -0.2) is 4.79 Å². The van der Waals surface area contributed by atoms with E-state index in [-0.39, 0.29) is 11.9 Å². The monoisotopic (exact) mass is 391 g/mol. The Labute approximate surface area is 168 Å². The van der Waals surface area contributed by atoms with Crippen LogP contribution in [-0.2, 0) is 9.47 Å². The van der Waals surface area contributed by atoms with Gasteiger partial charge in [-0.05, 0) is 17.7 Å². The van der Waals surface area contributed by atoms with Crippen LogP contribution < -0.4 is 0 Å². The fourth-order valence-electron chi connectivity index (χ4n) is 3.70. The third kappa shape index (κ3) is 3.30. The average Bonchev–Trinajstić information content (AvgIpc) is 3.31. The molecule has 148 valence electrons. The predicted octanol–water partition coefficient (Wildman–Crippen LogP) is 3.05. The van der Waals surface area contributed by atoms with Crippen LogP contribution in [0.3, 0.4) is 0 Å². The Hall–Kier alpha value is -3.45. The first-order chi connectivity index (χ1) is 14.2. The van der Waals surface area contributed by atoms with Crippen molar-refractivity contribution in [3.63, 3.8) is 0 Å². The van der Waals surface area contributed by atoms with Gasteiger partial charge >= 0.3 is 5.97 Å². The molecule has 1 atom stereocenters. The molecule has 0 saturated carbocycles. The van der Waals surface area contributed by atoms with Gasteiger partial charge in [0.05, 0.1) is 31.0 Å². The number of nitrogens with zero attached hydrogens (tertiary/aromatic N) is 2. The quantitative estimate of drug-likeness (QED) is 0.653. The van der Waals surface area contributed by atoms with Crippen LogP contribution in [0, 0.1) is 0 Å². The van der Waals surface area contributed by atoms with Gasteiger partial charge < -0.3 is 14.4 Å². The molecule has 0 unspecified atom stereocenters. The molecule has 0 spiro atoms. The predicted molar refractivity (Wildman–Crippen MR) is 107 cm³/mol. The molecule has 0 saturated heterocycles. The van der Waals surface area contributed by atoms with Crippen molar-refractivity contribution in [2.75, 3.05) is 27.4 Å². The number of benzene rings is 2. The van der Waals surface area contributed by atoms with Crippen LogP contribution in [0.15, 0.2) is 54.6 Å². The summed E-state index contributed by atoms with van der Waals surface area (Å²) in [7, 11) is 2.96. The molecule has 1 amide bonds. The van der Waals surface area contributed by atoms with Gasteiger partial charge in [0.25, 0.3) is 5.91 Å². The van der Waals surface area contributed by atoms with Crippen LogP contribution in [-0.4, -0.2) is 54.3 Å². The molecule has 29 heavy (non-hydrogen) atoms. The lowest BCUT2D eigenvalue weighted by molar-refractivity contribution is 0.0599. The van der Waals surface area contributed by atoms with Crippen LogP contribution >= 0.6 is 0 Å². The van der Waals surface area contributed by atoms with E-state index in [1.54, 1.807) is 24.1 Å². The molecule has 1 N–H and O–H groups in total. The SMILES string of the molecule is COCCN1C(=O)c2[nH]nc(-c3ccccc3)c2[C@H]1c1ccc(C(=O)OC)cc1. The van der Waals surface area contributed by atoms with Gasteiger partial charge in [0.2, 0.25) is 0 Å². The first kappa shape index (κ1) is 18.9. The summed E-state index contributed by atoms with van der Waals surface area (Å²) in [6, 6.07) is 16.5. The van der Waals surface area contributed by atoms with Crippen molar-refractivity contribution in [3.8, 4) is 11.3 Å². The zero-order valence-corrected chi connectivity index (χ0v) is 16.2. The number of carbonyl (C=O) groups excluding carboxylic acids is 2. The third-order valence-corrected chi connectivity index (χ3v) is 5.09. The molecule has 1 aliphatic heterocycles. The van der Waals surface area contributed by atoms with E-state index in [0.717, 1.165) is 22.4 Å². The average molecular weight is 391 g/mol. The number of nitrogens with one attached hydrogen (secondary N) is 1. The fraction of sp³-hybridized carbons (Fsp3) is 0.227. The van der Waals surface area contributed by atoms with Crippen molar-refractivity contribution in [2.45, 2.75) is 6.04 Å². The Morgan fingerprint density at radius 2 is 1.83 bits per heavy atom. The van der Waals surface area contributed by atoms with Gasteiger partial charge in [0.15, 0.2) is 0 Å². The highest BCUT2D eigenvalue weighted by atomic mass is 16.5. The largest absolute Gasteiger partial charge is 0.465 e. The summed E-state index contributed by atoms with van der Waals surface area (Å²) < 4.78 is 9.99. The normalized spacial score (nSPS) is 15.4. The number of rotatable bonds is 6. The standard InChI is InChI=1S/C22H21N3O4/c1-28-13-12-25-20(15-8-10-16(11-9-15)22(27)29-2)17-18(14-6-4-3-5-7-14)23-24-19(17)21(25)26/h3-11,20H,12-13H2,1-2H3,(H,23,24)/t20-/m1/s1. The zero-order chi connectivity index (χ0) is 20.4. The molecule has 7 heteroatoms. The van der Waals surface area contributed by atoms with Crippen LogP contribution in [0.2, 0.25) is 0 Å². The van der Waals surface area contributed by atoms with Gasteiger partial charge in [-0.3, -0.25) is 9.89 Å². The number of H-pyrrole nitrogens is 1. The van der Waals surface area contributed by atoms with E-state index in [1.807, 2.05) is 42.5 Å². The fourth-order valence-corrected chi connectivity index (χ4v) is 3.70. The Bertz CT molecular complexity index is 1030. The molecule has 1 aliphatic rings. The van der Waals surface area contributed by atoms with E-state index in [4.69, 9.17) is 9.47 Å². The number of amides is 1. The van der Waals surface area contributed by atoms with Crippen molar-refractivity contribution in [1.82, 2.24) is 15.1 Å². The van der Waals surface area contributed by atoms with Gasteiger partial charge in [-0.1, -0.05) is 42.5 Å². The summed E-state index contributed by atoms with van der Waals surface area (Å²) in [5, 5.41) is 7.35. The zero-order valence-electron chi connectivity index (χ0n) is 16.2. The number of hydrogen-bond donors (Lipinski definition) is 1. The number of carbonyl (C=O) groups is 2. The molecule has 0 fully saturated rings. The van der Waals surface area contributed by atoms with Crippen molar-refractivity contribution in [1.29, 1.82) is 0 Å². The summed E-state index contributed by atoms with van der Waals surface area (Å²) in [6.07, 6.45) is 0. The Kier molecular flexibility index (Phi) is 5.14. The molecule has 3 aromatic rings. The first-order valence-electron chi connectivity index (χ1n) is 9.27. The lowest BCUT2D eigenvalue weighted by Gasteiger charge is -2.26. The van der Waals surface area contributed by atoms with Crippen LogP contribution in [0.25, 0.3) is 11.3 Å². The maximum Gasteiger partial charge on any atom is 0.337 e. The number of aromatic amines is 1. The second kappa shape index (κ2) is 7.89. The number of methoxy groups -OCH3 is 2.